The number of rotatable bonds is 6. The van der Waals surface area contributed by atoms with E-state index in [-0.39, 0.29) is 0 Å². The van der Waals surface area contributed by atoms with Crippen molar-refractivity contribution in [1.29, 1.82) is 0 Å². The van der Waals surface area contributed by atoms with Gasteiger partial charge in [-0.15, -0.1) is 0 Å². The standard InChI is InChI=1S/C21H15ClN2O3/c22-17-6-1-15(2-7-17)3-10-20-24-18(14-27-20)13-26-19-8-4-16(5-9-19)21-23-11-12-25-21/h1-12,14H,13H2/b10-3+. The largest absolute Gasteiger partial charge is 0.487 e. The molecule has 0 aliphatic heterocycles. The van der Waals surface area contributed by atoms with E-state index >= 15 is 0 Å². The number of benzene rings is 2. The molecule has 0 saturated heterocycles. The quantitative estimate of drug-likeness (QED) is 0.428. The molecule has 0 N–H and O–H groups in total. The zero-order valence-corrected chi connectivity index (χ0v) is 15.0. The first-order chi connectivity index (χ1) is 13.3. The number of oxazole rings is 2. The monoisotopic (exact) mass is 378 g/mol. The molecule has 0 saturated carbocycles. The molecule has 0 spiro atoms. The van der Waals surface area contributed by atoms with Crippen molar-refractivity contribution in [2.45, 2.75) is 6.61 Å². The second-order valence-electron chi connectivity index (χ2n) is 5.71. The average molecular weight is 379 g/mol. The summed E-state index contributed by atoms with van der Waals surface area (Å²) in [7, 11) is 0. The van der Waals surface area contributed by atoms with Crippen LogP contribution in [0.4, 0.5) is 0 Å². The molecule has 0 aliphatic carbocycles. The topological polar surface area (TPSA) is 61.3 Å². The molecule has 2 aromatic heterocycles. The van der Waals surface area contributed by atoms with Crippen LogP contribution in [0.15, 0.2) is 76.1 Å². The van der Waals surface area contributed by atoms with Crippen molar-refractivity contribution in [2.75, 3.05) is 0 Å². The highest BCUT2D eigenvalue weighted by atomic mass is 35.5. The van der Waals surface area contributed by atoms with E-state index in [0.29, 0.717) is 29.1 Å². The number of aromatic nitrogens is 2. The Morgan fingerprint density at radius 1 is 0.963 bits per heavy atom. The second-order valence-corrected chi connectivity index (χ2v) is 6.15. The van der Waals surface area contributed by atoms with Crippen molar-refractivity contribution in [2.24, 2.45) is 0 Å². The summed E-state index contributed by atoms with van der Waals surface area (Å²) in [6.07, 6.45) is 8.46. The number of nitrogens with zero attached hydrogens (tertiary/aromatic N) is 2. The van der Waals surface area contributed by atoms with Gasteiger partial charge >= 0.3 is 0 Å². The summed E-state index contributed by atoms with van der Waals surface area (Å²) < 4.78 is 16.4. The van der Waals surface area contributed by atoms with Gasteiger partial charge in [-0.05, 0) is 48.0 Å². The smallest absolute Gasteiger partial charge is 0.225 e. The van der Waals surface area contributed by atoms with Crippen molar-refractivity contribution < 1.29 is 13.6 Å². The molecule has 5 nitrogen and oxygen atoms in total. The fraction of sp³-hybridized carbons (Fsp3) is 0.0476. The molecule has 134 valence electrons. The lowest BCUT2D eigenvalue weighted by atomic mass is 10.2. The van der Waals surface area contributed by atoms with E-state index in [1.54, 1.807) is 24.8 Å². The van der Waals surface area contributed by atoms with Gasteiger partial charge in [-0.2, -0.15) is 0 Å². The van der Waals surface area contributed by atoms with Crippen LogP contribution < -0.4 is 4.74 Å². The number of hydrogen-bond acceptors (Lipinski definition) is 5. The summed E-state index contributed by atoms with van der Waals surface area (Å²) in [5.41, 5.74) is 2.62. The van der Waals surface area contributed by atoms with Crippen molar-refractivity contribution >= 4 is 23.8 Å². The van der Waals surface area contributed by atoms with Crippen molar-refractivity contribution in [3.05, 3.63) is 89.4 Å². The first-order valence-electron chi connectivity index (χ1n) is 8.27. The van der Waals surface area contributed by atoms with E-state index in [9.17, 15) is 0 Å². The van der Waals surface area contributed by atoms with Crippen LogP contribution in [0.1, 0.15) is 17.1 Å². The molecule has 0 bridgehead atoms. The molecule has 4 rings (SSSR count). The Bertz CT molecular complexity index is 1020. The highest BCUT2D eigenvalue weighted by molar-refractivity contribution is 6.30. The number of ether oxygens (including phenoxy) is 1. The minimum Gasteiger partial charge on any atom is -0.487 e. The van der Waals surface area contributed by atoms with Gasteiger partial charge in [0, 0.05) is 16.7 Å². The fourth-order valence-electron chi connectivity index (χ4n) is 2.42. The Kier molecular flexibility index (Phi) is 5.03. The highest BCUT2D eigenvalue weighted by Gasteiger charge is 2.05. The van der Waals surface area contributed by atoms with Crippen LogP contribution in [0, 0.1) is 0 Å². The lowest BCUT2D eigenvalue weighted by molar-refractivity contribution is 0.301. The molecule has 4 aromatic rings. The maximum atomic E-state index is 5.88. The summed E-state index contributed by atoms with van der Waals surface area (Å²) in [5, 5.41) is 0.705. The maximum absolute atomic E-state index is 5.88. The van der Waals surface area contributed by atoms with Crippen molar-refractivity contribution in [3.8, 4) is 17.2 Å². The summed E-state index contributed by atoms with van der Waals surface area (Å²) >= 11 is 5.88. The van der Waals surface area contributed by atoms with Gasteiger partial charge in [0.2, 0.25) is 11.8 Å². The summed E-state index contributed by atoms with van der Waals surface area (Å²) in [6, 6.07) is 15.0. The van der Waals surface area contributed by atoms with E-state index in [4.69, 9.17) is 25.2 Å². The van der Waals surface area contributed by atoms with Crippen molar-refractivity contribution in [1.82, 2.24) is 9.97 Å². The molecule has 0 amide bonds. The van der Waals surface area contributed by atoms with Gasteiger partial charge in [0.1, 0.15) is 30.6 Å². The molecule has 0 aliphatic rings. The molecule has 2 aromatic carbocycles. The molecule has 0 radical (unpaired) electrons. The van der Waals surface area contributed by atoms with Gasteiger partial charge < -0.3 is 13.6 Å². The summed E-state index contributed by atoms with van der Waals surface area (Å²) in [4.78, 5) is 8.50. The third-order valence-corrected chi connectivity index (χ3v) is 4.03. The van der Waals surface area contributed by atoms with E-state index in [1.807, 2.05) is 54.6 Å². The van der Waals surface area contributed by atoms with Crippen LogP contribution in [-0.2, 0) is 6.61 Å². The van der Waals surface area contributed by atoms with Gasteiger partial charge in [0.15, 0.2) is 0 Å². The zero-order valence-electron chi connectivity index (χ0n) is 14.2. The molecule has 6 heteroatoms. The SMILES string of the molecule is Clc1ccc(/C=C/c2nc(COc3ccc(-c4ncco4)cc3)co2)cc1. The van der Waals surface area contributed by atoms with Gasteiger partial charge in [-0.3, -0.25) is 0 Å². The maximum Gasteiger partial charge on any atom is 0.225 e. The normalized spacial score (nSPS) is 11.1. The van der Waals surface area contributed by atoms with Crippen LogP contribution in [0.2, 0.25) is 5.02 Å². The molecule has 0 unspecified atom stereocenters. The van der Waals surface area contributed by atoms with Crippen LogP contribution in [0.3, 0.4) is 0 Å². The molecule has 0 atom stereocenters. The van der Waals surface area contributed by atoms with E-state index < -0.39 is 0 Å². The Hall–Kier alpha value is -3.31. The molecule has 27 heavy (non-hydrogen) atoms. The molecular formula is C21H15ClN2O3. The van der Waals surface area contributed by atoms with Gasteiger partial charge in [-0.1, -0.05) is 23.7 Å². The average Bonchev–Trinajstić information content (AvgIpc) is 3.39. The number of halogens is 1. The predicted octanol–water partition coefficient (Wildman–Crippen LogP) is 5.73. The predicted molar refractivity (Wildman–Crippen MR) is 103 cm³/mol. The van der Waals surface area contributed by atoms with Crippen molar-refractivity contribution in [3.63, 3.8) is 0 Å². The summed E-state index contributed by atoms with van der Waals surface area (Å²) in [6.45, 7) is 0.316. The molecule has 0 fully saturated rings. The Morgan fingerprint density at radius 3 is 2.52 bits per heavy atom. The van der Waals surface area contributed by atoms with E-state index in [1.165, 1.54) is 0 Å². The van der Waals surface area contributed by atoms with Crippen LogP contribution >= 0.6 is 11.6 Å². The van der Waals surface area contributed by atoms with Crippen LogP contribution in [0.5, 0.6) is 5.75 Å². The third kappa shape index (κ3) is 4.46. The minimum atomic E-state index is 0.316. The lowest BCUT2D eigenvalue weighted by Crippen LogP contribution is -1.95. The minimum absolute atomic E-state index is 0.316. The summed E-state index contributed by atoms with van der Waals surface area (Å²) in [5.74, 6) is 1.82. The Morgan fingerprint density at radius 2 is 1.78 bits per heavy atom. The fourth-order valence-corrected chi connectivity index (χ4v) is 2.55. The van der Waals surface area contributed by atoms with Gasteiger partial charge in [-0.25, -0.2) is 9.97 Å². The highest BCUT2D eigenvalue weighted by Crippen LogP contribution is 2.21. The number of hydrogen-bond donors (Lipinski definition) is 0. The molecular weight excluding hydrogens is 364 g/mol. The van der Waals surface area contributed by atoms with Crippen LogP contribution in [0.25, 0.3) is 23.6 Å². The zero-order chi connectivity index (χ0) is 18.5. The van der Waals surface area contributed by atoms with Crippen LogP contribution in [-0.4, -0.2) is 9.97 Å². The lowest BCUT2D eigenvalue weighted by Gasteiger charge is -2.04. The van der Waals surface area contributed by atoms with Gasteiger partial charge in [0.05, 0.1) is 6.20 Å². The van der Waals surface area contributed by atoms with E-state index in [0.717, 1.165) is 16.9 Å². The van der Waals surface area contributed by atoms with Gasteiger partial charge in [0.25, 0.3) is 0 Å². The Balaban J connectivity index is 1.34. The van der Waals surface area contributed by atoms with E-state index in [2.05, 4.69) is 9.97 Å². The second kappa shape index (κ2) is 7.93. The first-order valence-corrected chi connectivity index (χ1v) is 8.65. The third-order valence-electron chi connectivity index (χ3n) is 3.78. The Labute approximate surface area is 160 Å². The molecule has 2 heterocycles. The first kappa shape index (κ1) is 17.1.